The van der Waals surface area contributed by atoms with Crippen LogP contribution in [0.25, 0.3) is 22.3 Å². The number of nitrogens with zero attached hydrogens (tertiary/aromatic N) is 2. The molecule has 0 spiro atoms. The van der Waals surface area contributed by atoms with Gasteiger partial charge in [-0.1, -0.05) is 37.6 Å². The third-order valence-electron chi connectivity index (χ3n) is 5.71. The maximum Gasteiger partial charge on any atom is 0.262 e. The molecule has 5 rings (SSSR count). The van der Waals surface area contributed by atoms with E-state index in [1.807, 2.05) is 66.5 Å². The molecule has 1 atom stereocenters. The lowest BCUT2D eigenvalue weighted by Gasteiger charge is -2.27. The minimum Gasteiger partial charge on any atom is -0.350 e. The Balaban J connectivity index is 1.81. The van der Waals surface area contributed by atoms with Gasteiger partial charge >= 0.3 is 0 Å². The van der Waals surface area contributed by atoms with Crippen LogP contribution in [-0.2, 0) is 16.6 Å². The van der Waals surface area contributed by atoms with Gasteiger partial charge in [-0.05, 0) is 23.9 Å². The van der Waals surface area contributed by atoms with Crippen molar-refractivity contribution in [3.05, 3.63) is 69.6 Å². The van der Waals surface area contributed by atoms with Crippen molar-refractivity contribution < 1.29 is 9.59 Å². The van der Waals surface area contributed by atoms with E-state index in [9.17, 15) is 9.59 Å². The fraction of sp³-hybridized carbons (Fsp3) is 0.217. The Morgan fingerprint density at radius 3 is 2.67 bits per heavy atom. The number of fused-ring (bicyclic) bond motifs is 2. The lowest BCUT2D eigenvalue weighted by atomic mass is 10.0. The normalized spacial score (nSPS) is 17.4. The number of aryl methyl sites for hydroxylation is 1. The van der Waals surface area contributed by atoms with Crippen molar-refractivity contribution >= 4 is 45.4 Å². The van der Waals surface area contributed by atoms with Crippen molar-refractivity contribution in [1.29, 1.82) is 0 Å². The van der Waals surface area contributed by atoms with Crippen LogP contribution in [0.5, 0.6) is 0 Å². The average Bonchev–Trinajstić information content (AvgIpc) is 3.48. The van der Waals surface area contributed by atoms with Crippen LogP contribution in [0.3, 0.4) is 0 Å². The number of nitrogens with two attached hydrogens (primary N) is 1. The van der Waals surface area contributed by atoms with E-state index in [1.54, 1.807) is 4.90 Å². The van der Waals surface area contributed by atoms with Crippen molar-refractivity contribution in [2.24, 2.45) is 12.8 Å². The zero-order chi connectivity index (χ0) is 21.0. The molecule has 0 saturated heterocycles. The summed E-state index contributed by atoms with van der Waals surface area (Å²) in [7, 11) is 1.96. The fourth-order valence-corrected chi connectivity index (χ4v) is 5.13. The number of benzene rings is 1. The van der Waals surface area contributed by atoms with E-state index in [4.69, 9.17) is 5.73 Å². The summed E-state index contributed by atoms with van der Waals surface area (Å²) in [4.78, 5) is 29.3. The van der Waals surface area contributed by atoms with E-state index in [1.165, 1.54) is 11.3 Å². The standard InChI is InChI=1S/C23H22N4O2S/c1-3-7-17(24)27-21(14-12-26(2)15-9-5-4-8-13(14)15)19-18(23(27)29)20(25-22(19)28)16-10-6-11-30-16/h4-6,8-12,17H,3,7,24H2,1-2H3,(H,25,28). The Hall–Kier alpha value is -3.16. The highest BCUT2D eigenvalue weighted by Crippen LogP contribution is 2.45. The second-order valence-corrected chi connectivity index (χ2v) is 8.55. The fourth-order valence-electron chi connectivity index (χ4n) is 4.40. The molecule has 2 aromatic heterocycles. The molecule has 30 heavy (non-hydrogen) atoms. The van der Waals surface area contributed by atoms with Crippen molar-refractivity contribution in [2.45, 2.75) is 25.9 Å². The third-order valence-corrected chi connectivity index (χ3v) is 6.60. The van der Waals surface area contributed by atoms with Crippen LogP contribution in [0.15, 0.2) is 59.1 Å². The van der Waals surface area contributed by atoms with Crippen molar-refractivity contribution in [3.8, 4) is 0 Å². The number of nitrogens with one attached hydrogen (secondary N) is 1. The van der Waals surface area contributed by atoms with Crippen molar-refractivity contribution in [1.82, 2.24) is 14.8 Å². The second kappa shape index (κ2) is 6.97. The first-order valence-corrected chi connectivity index (χ1v) is 10.9. The Morgan fingerprint density at radius 2 is 1.93 bits per heavy atom. The van der Waals surface area contributed by atoms with Crippen LogP contribution in [0.2, 0.25) is 0 Å². The maximum absolute atomic E-state index is 13.6. The average molecular weight is 419 g/mol. The molecule has 0 saturated carbocycles. The topological polar surface area (TPSA) is 80.4 Å². The molecule has 4 heterocycles. The summed E-state index contributed by atoms with van der Waals surface area (Å²) in [6, 6.07) is 11.8. The maximum atomic E-state index is 13.6. The highest BCUT2D eigenvalue weighted by molar-refractivity contribution is 7.11. The van der Waals surface area contributed by atoms with Gasteiger partial charge in [0.1, 0.15) is 0 Å². The summed E-state index contributed by atoms with van der Waals surface area (Å²) in [5.74, 6) is -0.466. The molecular weight excluding hydrogens is 396 g/mol. The summed E-state index contributed by atoms with van der Waals surface area (Å²) in [5.41, 5.74) is 10.4. The molecule has 0 fully saturated rings. The van der Waals surface area contributed by atoms with Gasteiger partial charge in [0.2, 0.25) is 0 Å². The summed E-state index contributed by atoms with van der Waals surface area (Å²) in [6.07, 6.45) is 2.97. The number of carbonyl (C=O) groups is 2. The summed E-state index contributed by atoms with van der Waals surface area (Å²) in [5, 5.41) is 5.85. The minimum absolute atomic E-state index is 0.212. The van der Waals surface area contributed by atoms with Crippen LogP contribution in [0.1, 0.15) is 30.2 Å². The van der Waals surface area contributed by atoms with Gasteiger partial charge in [0.25, 0.3) is 11.8 Å². The lowest BCUT2D eigenvalue weighted by Crippen LogP contribution is -2.42. The van der Waals surface area contributed by atoms with E-state index in [0.717, 1.165) is 27.8 Å². The molecule has 152 valence electrons. The van der Waals surface area contributed by atoms with Crippen LogP contribution < -0.4 is 11.1 Å². The number of para-hydroxylation sites is 1. The number of amides is 2. The van der Waals surface area contributed by atoms with Gasteiger partial charge in [0.15, 0.2) is 0 Å². The predicted octanol–water partition coefficient (Wildman–Crippen LogP) is 3.42. The van der Waals surface area contributed by atoms with E-state index in [2.05, 4.69) is 5.32 Å². The Labute approximate surface area is 178 Å². The first kappa shape index (κ1) is 18.8. The first-order chi connectivity index (χ1) is 14.5. The molecule has 6 nitrogen and oxygen atoms in total. The van der Waals surface area contributed by atoms with E-state index < -0.39 is 6.17 Å². The molecule has 2 aliphatic rings. The summed E-state index contributed by atoms with van der Waals surface area (Å²) >= 11 is 1.50. The van der Waals surface area contributed by atoms with Crippen LogP contribution in [0, 0.1) is 0 Å². The van der Waals surface area contributed by atoms with Gasteiger partial charge in [-0.25, -0.2) is 0 Å². The highest BCUT2D eigenvalue weighted by Gasteiger charge is 2.47. The molecule has 0 radical (unpaired) electrons. The Bertz CT molecular complexity index is 1250. The summed E-state index contributed by atoms with van der Waals surface area (Å²) in [6.45, 7) is 2.04. The summed E-state index contributed by atoms with van der Waals surface area (Å²) < 4.78 is 2.01. The number of rotatable bonds is 5. The highest BCUT2D eigenvalue weighted by atomic mass is 32.1. The van der Waals surface area contributed by atoms with Gasteiger partial charge < -0.3 is 15.6 Å². The number of aromatic nitrogens is 1. The van der Waals surface area contributed by atoms with Gasteiger partial charge in [-0.2, -0.15) is 0 Å². The van der Waals surface area contributed by atoms with Crippen LogP contribution in [-0.4, -0.2) is 27.4 Å². The largest absolute Gasteiger partial charge is 0.350 e. The Morgan fingerprint density at radius 1 is 1.13 bits per heavy atom. The van der Waals surface area contributed by atoms with Crippen LogP contribution in [0.4, 0.5) is 0 Å². The predicted molar refractivity (Wildman–Crippen MR) is 119 cm³/mol. The van der Waals surface area contributed by atoms with Gasteiger partial charge in [-0.15, -0.1) is 11.3 Å². The zero-order valence-electron chi connectivity index (χ0n) is 16.8. The van der Waals surface area contributed by atoms with Crippen molar-refractivity contribution in [2.75, 3.05) is 0 Å². The number of hydrogen-bond acceptors (Lipinski definition) is 4. The number of hydrogen-bond donors (Lipinski definition) is 2. The minimum atomic E-state index is -0.501. The molecule has 7 heteroatoms. The van der Waals surface area contributed by atoms with E-state index in [0.29, 0.717) is 29.0 Å². The van der Waals surface area contributed by atoms with Gasteiger partial charge in [0, 0.05) is 29.7 Å². The Kier molecular flexibility index (Phi) is 4.38. The molecule has 3 aromatic rings. The second-order valence-electron chi connectivity index (χ2n) is 7.61. The zero-order valence-corrected chi connectivity index (χ0v) is 17.6. The smallest absolute Gasteiger partial charge is 0.262 e. The molecule has 0 bridgehead atoms. The molecule has 2 aliphatic heterocycles. The molecule has 1 unspecified atom stereocenters. The first-order valence-electron chi connectivity index (χ1n) is 10.0. The van der Waals surface area contributed by atoms with Crippen molar-refractivity contribution in [3.63, 3.8) is 0 Å². The third kappa shape index (κ3) is 2.59. The van der Waals surface area contributed by atoms with E-state index in [-0.39, 0.29) is 11.8 Å². The van der Waals surface area contributed by atoms with E-state index >= 15 is 0 Å². The number of carbonyl (C=O) groups excluding carboxylic acids is 2. The molecule has 1 aromatic carbocycles. The van der Waals surface area contributed by atoms with Gasteiger partial charge in [0.05, 0.1) is 33.6 Å². The molecule has 0 aliphatic carbocycles. The molecule has 2 amide bonds. The molecule has 3 N–H and O–H groups in total. The lowest BCUT2D eigenvalue weighted by molar-refractivity contribution is -0.124. The number of thiophene rings is 1. The van der Waals surface area contributed by atoms with Gasteiger partial charge in [-0.3, -0.25) is 14.5 Å². The SMILES string of the molecule is CCCC(N)N1C(=O)C2=C(c3cccs3)NC(=O)C2=C1c1cn(C)c2ccccc12. The quantitative estimate of drug-likeness (QED) is 0.666. The monoisotopic (exact) mass is 418 g/mol. The van der Waals surface area contributed by atoms with Crippen LogP contribution >= 0.6 is 11.3 Å². The molecular formula is C23H22N4O2S.